The van der Waals surface area contributed by atoms with Crippen LogP contribution in [0.1, 0.15) is 20.3 Å². The molecular formula is C10H17IO4. The molecule has 0 unspecified atom stereocenters. The van der Waals surface area contributed by atoms with E-state index in [9.17, 15) is 0 Å². The van der Waals surface area contributed by atoms with Crippen molar-refractivity contribution in [1.82, 2.24) is 0 Å². The lowest BCUT2D eigenvalue weighted by molar-refractivity contribution is -0.236. The quantitative estimate of drug-likeness (QED) is 0.571. The predicted octanol–water partition coefficient (Wildman–Crippen LogP) is 1.70. The van der Waals surface area contributed by atoms with Gasteiger partial charge in [0.25, 0.3) is 0 Å². The molecule has 88 valence electrons. The van der Waals surface area contributed by atoms with E-state index in [1.807, 2.05) is 13.8 Å². The van der Waals surface area contributed by atoms with Crippen LogP contribution in [-0.2, 0) is 18.9 Å². The SMILES string of the molecule is CO[C@H]1O[C@H](CI)C[C@@H]2OC(C)(C)O[C@H]12. The molecule has 0 spiro atoms. The van der Waals surface area contributed by atoms with Crippen LogP contribution in [-0.4, -0.2) is 41.9 Å². The van der Waals surface area contributed by atoms with Crippen molar-refractivity contribution >= 4 is 22.6 Å². The second-order valence-corrected chi connectivity index (χ2v) is 5.27. The predicted molar refractivity (Wildman–Crippen MR) is 63.0 cm³/mol. The lowest BCUT2D eigenvalue weighted by Crippen LogP contribution is -2.48. The summed E-state index contributed by atoms with van der Waals surface area (Å²) < 4.78 is 23.6. The zero-order chi connectivity index (χ0) is 11.1. The van der Waals surface area contributed by atoms with Crippen LogP contribution in [0.15, 0.2) is 0 Å². The smallest absolute Gasteiger partial charge is 0.186 e. The minimum atomic E-state index is -0.518. The van der Waals surface area contributed by atoms with Crippen molar-refractivity contribution in [3.05, 3.63) is 0 Å². The summed E-state index contributed by atoms with van der Waals surface area (Å²) >= 11 is 2.32. The summed E-state index contributed by atoms with van der Waals surface area (Å²) in [6.45, 7) is 3.86. The Morgan fingerprint density at radius 2 is 2.13 bits per heavy atom. The summed E-state index contributed by atoms with van der Waals surface area (Å²) in [5.74, 6) is -0.518. The Morgan fingerprint density at radius 3 is 2.73 bits per heavy atom. The first kappa shape index (κ1) is 12.0. The Kier molecular flexibility index (Phi) is 3.57. The average molecular weight is 328 g/mol. The molecule has 2 aliphatic heterocycles. The van der Waals surface area contributed by atoms with Gasteiger partial charge >= 0.3 is 0 Å². The fourth-order valence-electron chi connectivity index (χ4n) is 2.15. The minimum Gasteiger partial charge on any atom is -0.353 e. The molecule has 4 atom stereocenters. The normalized spacial score (nSPS) is 44.0. The zero-order valence-corrected chi connectivity index (χ0v) is 11.4. The van der Waals surface area contributed by atoms with E-state index in [0.29, 0.717) is 0 Å². The Labute approximate surface area is 104 Å². The van der Waals surface area contributed by atoms with Gasteiger partial charge in [-0.25, -0.2) is 0 Å². The molecule has 2 rings (SSSR count). The molecule has 2 heterocycles. The fraction of sp³-hybridized carbons (Fsp3) is 1.00. The number of alkyl halides is 1. The Hall–Kier alpha value is 0.570. The summed E-state index contributed by atoms with van der Waals surface area (Å²) in [4.78, 5) is 0. The van der Waals surface area contributed by atoms with E-state index in [1.54, 1.807) is 7.11 Å². The van der Waals surface area contributed by atoms with Crippen LogP contribution in [0.2, 0.25) is 0 Å². The zero-order valence-electron chi connectivity index (χ0n) is 9.23. The van der Waals surface area contributed by atoms with Crippen LogP contribution in [0.4, 0.5) is 0 Å². The first-order valence-corrected chi connectivity index (χ1v) is 6.68. The van der Waals surface area contributed by atoms with E-state index < -0.39 is 5.79 Å². The summed E-state index contributed by atoms with van der Waals surface area (Å²) in [6.07, 6.45) is 0.791. The Bertz CT molecular complexity index is 233. The molecule has 0 aromatic rings. The molecule has 0 saturated carbocycles. The highest BCUT2D eigenvalue weighted by Crippen LogP contribution is 2.37. The van der Waals surface area contributed by atoms with Gasteiger partial charge in [-0.3, -0.25) is 0 Å². The summed E-state index contributed by atoms with van der Waals surface area (Å²) in [7, 11) is 1.64. The average Bonchev–Trinajstić information content (AvgIpc) is 2.50. The lowest BCUT2D eigenvalue weighted by atomic mass is 10.0. The molecular weight excluding hydrogens is 311 g/mol. The first-order chi connectivity index (χ1) is 7.05. The summed E-state index contributed by atoms with van der Waals surface area (Å²) in [6, 6.07) is 0. The van der Waals surface area contributed by atoms with E-state index in [4.69, 9.17) is 18.9 Å². The number of halogens is 1. The molecule has 0 aliphatic carbocycles. The van der Waals surface area contributed by atoms with E-state index in [0.717, 1.165) is 10.8 Å². The molecule has 4 nitrogen and oxygen atoms in total. The lowest BCUT2D eigenvalue weighted by Gasteiger charge is -2.34. The van der Waals surface area contributed by atoms with Gasteiger partial charge in [0.2, 0.25) is 0 Å². The number of hydrogen-bond acceptors (Lipinski definition) is 4. The highest BCUT2D eigenvalue weighted by molar-refractivity contribution is 14.1. The third-order valence-electron chi connectivity index (χ3n) is 2.72. The van der Waals surface area contributed by atoms with Crippen molar-refractivity contribution in [1.29, 1.82) is 0 Å². The van der Waals surface area contributed by atoms with Crippen LogP contribution in [0.5, 0.6) is 0 Å². The molecule has 0 bridgehead atoms. The van der Waals surface area contributed by atoms with Crippen molar-refractivity contribution in [2.45, 2.75) is 50.7 Å². The number of ether oxygens (including phenoxy) is 4. The number of rotatable bonds is 2. The largest absolute Gasteiger partial charge is 0.353 e. The Morgan fingerprint density at radius 1 is 1.40 bits per heavy atom. The summed E-state index contributed by atoms with van der Waals surface area (Å²) in [5, 5.41) is 0. The van der Waals surface area contributed by atoms with Crippen LogP contribution in [0.3, 0.4) is 0 Å². The second-order valence-electron chi connectivity index (χ2n) is 4.39. The summed E-state index contributed by atoms with van der Waals surface area (Å²) in [5.41, 5.74) is 0. The monoisotopic (exact) mass is 328 g/mol. The minimum absolute atomic E-state index is 0.0933. The van der Waals surface area contributed by atoms with Gasteiger partial charge in [0, 0.05) is 18.0 Å². The van der Waals surface area contributed by atoms with Gasteiger partial charge < -0.3 is 18.9 Å². The van der Waals surface area contributed by atoms with Gasteiger partial charge in [-0.1, -0.05) is 22.6 Å². The third-order valence-corrected chi connectivity index (χ3v) is 3.70. The molecule has 0 radical (unpaired) electrons. The standard InChI is InChI=1S/C10H17IO4/c1-10(2)14-7-4-6(5-11)13-9(12-3)8(7)15-10/h6-9H,4-5H2,1-3H3/t6-,7-,8-,9-/m0/s1. The van der Waals surface area contributed by atoms with Crippen molar-refractivity contribution in [3.8, 4) is 0 Å². The molecule has 2 saturated heterocycles. The van der Waals surface area contributed by atoms with Gasteiger partial charge in [-0.05, 0) is 13.8 Å². The maximum atomic E-state index is 5.83. The van der Waals surface area contributed by atoms with Crippen LogP contribution < -0.4 is 0 Å². The van der Waals surface area contributed by atoms with Crippen molar-refractivity contribution < 1.29 is 18.9 Å². The fourth-order valence-corrected chi connectivity index (χ4v) is 2.71. The molecule has 0 aromatic carbocycles. The molecule has 0 amide bonds. The van der Waals surface area contributed by atoms with E-state index in [2.05, 4.69) is 22.6 Å². The van der Waals surface area contributed by atoms with E-state index in [1.165, 1.54) is 0 Å². The molecule has 2 aliphatic rings. The van der Waals surface area contributed by atoms with Gasteiger partial charge in [0.1, 0.15) is 6.10 Å². The molecule has 15 heavy (non-hydrogen) atoms. The number of methoxy groups -OCH3 is 1. The van der Waals surface area contributed by atoms with Gasteiger partial charge in [0.05, 0.1) is 12.2 Å². The molecule has 2 fully saturated rings. The maximum Gasteiger partial charge on any atom is 0.186 e. The third kappa shape index (κ3) is 2.46. The highest BCUT2D eigenvalue weighted by atomic mass is 127. The molecule has 0 N–H and O–H groups in total. The van der Waals surface area contributed by atoms with Crippen LogP contribution >= 0.6 is 22.6 Å². The molecule has 0 aromatic heterocycles. The number of fused-ring (bicyclic) bond motifs is 1. The van der Waals surface area contributed by atoms with Gasteiger partial charge in [-0.2, -0.15) is 0 Å². The Balaban J connectivity index is 2.09. The van der Waals surface area contributed by atoms with Gasteiger partial charge in [0.15, 0.2) is 12.1 Å². The second kappa shape index (κ2) is 4.44. The number of hydrogen-bond donors (Lipinski definition) is 0. The van der Waals surface area contributed by atoms with Gasteiger partial charge in [-0.15, -0.1) is 0 Å². The highest BCUT2D eigenvalue weighted by Gasteiger charge is 2.50. The van der Waals surface area contributed by atoms with E-state index >= 15 is 0 Å². The van der Waals surface area contributed by atoms with Crippen LogP contribution in [0, 0.1) is 0 Å². The van der Waals surface area contributed by atoms with Crippen molar-refractivity contribution in [3.63, 3.8) is 0 Å². The maximum absolute atomic E-state index is 5.83. The van der Waals surface area contributed by atoms with E-state index in [-0.39, 0.29) is 24.6 Å². The topological polar surface area (TPSA) is 36.9 Å². The molecule has 5 heteroatoms. The first-order valence-electron chi connectivity index (χ1n) is 5.15. The van der Waals surface area contributed by atoms with Crippen LogP contribution in [0.25, 0.3) is 0 Å². The van der Waals surface area contributed by atoms with Crippen molar-refractivity contribution in [2.75, 3.05) is 11.5 Å². The van der Waals surface area contributed by atoms with Crippen molar-refractivity contribution in [2.24, 2.45) is 0 Å².